The van der Waals surface area contributed by atoms with Crippen LogP contribution in [0.4, 0.5) is 17.1 Å². The number of anilines is 3. The summed E-state index contributed by atoms with van der Waals surface area (Å²) >= 11 is 0. The number of fused-ring (bicyclic) bond motifs is 11. The lowest BCUT2D eigenvalue weighted by atomic mass is 9.94. The van der Waals surface area contributed by atoms with Crippen LogP contribution in [0.25, 0.3) is 81.7 Å². The van der Waals surface area contributed by atoms with Gasteiger partial charge in [-0.3, -0.25) is 0 Å². The maximum atomic E-state index is 6.52. The number of hydrogen-bond donors (Lipinski definition) is 0. The third kappa shape index (κ3) is 4.12. The molecule has 51 heavy (non-hydrogen) atoms. The second kappa shape index (κ2) is 10.8. The van der Waals surface area contributed by atoms with E-state index in [-0.39, 0.29) is 0 Å². The molecule has 0 radical (unpaired) electrons. The van der Waals surface area contributed by atoms with E-state index in [0.717, 1.165) is 50.2 Å². The van der Waals surface area contributed by atoms with E-state index in [1.807, 2.05) is 12.1 Å². The maximum Gasteiger partial charge on any atom is 0.137 e. The quantitative estimate of drug-likeness (QED) is 0.177. The van der Waals surface area contributed by atoms with Gasteiger partial charge in [0.15, 0.2) is 0 Å². The van der Waals surface area contributed by atoms with E-state index < -0.39 is 0 Å². The number of furan rings is 1. The molecule has 11 aromatic rings. The van der Waals surface area contributed by atoms with Gasteiger partial charge in [-0.05, 0) is 75.5 Å². The highest BCUT2D eigenvalue weighted by Crippen LogP contribution is 2.48. The molecule has 2 aromatic heterocycles. The first-order valence-electron chi connectivity index (χ1n) is 17.4. The molecule has 0 bridgehead atoms. The highest BCUT2D eigenvalue weighted by Gasteiger charge is 2.24. The minimum absolute atomic E-state index is 0.866. The zero-order valence-corrected chi connectivity index (χ0v) is 27.6. The predicted octanol–water partition coefficient (Wildman–Crippen LogP) is 13.6. The second-order valence-corrected chi connectivity index (χ2v) is 13.3. The first-order chi connectivity index (χ1) is 25.3. The van der Waals surface area contributed by atoms with E-state index >= 15 is 0 Å². The molecule has 0 aliphatic carbocycles. The number of benzene rings is 9. The minimum atomic E-state index is 0.866. The Balaban J connectivity index is 1.30. The van der Waals surface area contributed by atoms with Crippen LogP contribution >= 0.6 is 0 Å². The average molecular weight is 651 g/mol. The molecule has 3 nitrogen and oxygen atoms in total. The average Bonchev–Trinajstić information content (AvgIpc) is 3.74. The Hall–Kier alpha value is -6.84. The summed E-state index contributed by atoms with van der Waals surface area (Å²) in [5, 5.41) is 12.1. The van der Waals surface area contributed by atoms with Gasteiger partial charge in [-0.25, -0.2) is 0 Å². The van der Waals surface area contributed by atoms with Crippen molar-refractivity contribution >= 4 is 93.1 Å². The fourth-order valence-corrected chi connectivity index (χ4v) is 8.33. The lowest BCUT2D eigenvalue weighted by molar-refractivity contribution is 0.669. The van der Waals surface area contributed by atoms with Gasteiger partial charge in [0, 0.05) is 44.4 Å². The van der Waals surface area contributed by atoms with Gasteiger partial charge >= 0.3 is 0 Å². The summed E-state index contributed by atoms with van der Waals surface area (Å²) < 4.78 is 8.94. The van der Waals surface area contributed by atoms with Gasteiger partial charge in [0.25, 0.3) is 0 Å². The highest BCUT2D eigenvalue weighted by atomic mass is 16.3. The second-order valence-electron chi connectivity index (χ2n) is 13.3. The summed E-state index contributed by atoms with van der Waals surface area (Å²) in [5.74, 6) is 0. The Morgan fingerprint density at radius 1 is 0.392 bits per heavy atom. The van der Waals surface area contributed by atoms with Gasteiger partial charge in [-0.15, -0.1) is 0 Å². The molecular formula is C48H30N2O. The molecule has 11 rings (SSSR count). The minimum Gasteiger partial charge on any atom is -0.456 e. The van der Waals surface area contributed by atoms with Crippen LogP contribution in [-0.2, 0) is 0 Å². The molecule has 0 amide bonds. The molecular weight excluding hydrogens is 621 g/mol. The van der Waals surface area contributed by atoms with Crippen LogP contribution in [0.1, 0.15) is 0 Å². The van der Waals surface area contributed by atoms with Crippen LogP contribution in [0, 0.1) is 0 Å². The number of aromatic nitrogens is 1. The molecule has 0 saturated carbocycles. The molecule has 0 aliphatic rings. The standard InChI is InChI=1S/C48H30N2O/c1-2-14-33(15-3-1)50-42-22-10-8-18-37(42)41-21-12-23-43(48(41)50)49(34-27-28-39-38-19-9-11-24-45(38)51-46(39)30-34)44-29-32-26-25-31-13-4-5-16-35(31)47(32)40-20-7-6-17-36(40)44/h1-30H. The molecule has 0 fully saturated rings. The summed E-state index contributed by atoms with van der Waals surface area (Å²) in [6.07, 6.45) is 0. The molecule has 3 heteroatoms. The third-order valence-corrected chi connectivity index (χ3v) is 10.5. The summed E-state index contributed by atoms with van der Waals surface area (Å²) in [4.78, 5) is 2.45. The first kappa shape index (κ1) is 28.0. The predicted molar refractivity (Wildman–Crippen MR) is 215 cm³/mol. The van der Waals surface area contributed by atoms with Gasteiger partial charge in [-0.2, -0.15) is 0 Å². The molecule has 2 heterocycles. The topological polar surface area (TPSA) is 21.3 Å². The highest BCUT2D eigenvalue weighted by molar-refractivity contribution is 6.24. The Bertz CT molecular complexity index is 3150. The fourth-order valence-electron chi connectivity index (χ4n) is 8.33. The molecule has 0 unspecified atom stereocenters. The number of hydrogen-bond acceptors (Lipinski definition) is 2. The van der Waals surface area contributed by atoms with Gasteiger partial charge in [0.05, 0.1) is 22.4 Å². The fraction of sp³-hybridized carbons (Fsp3) is 0. The van der Waals surface area contributed by atoms with Crippen molar-refractivity contribution in [2.45, 2.75) is 0 Å². The normalized spacial score (nSPS) is 11.9. The zero-order valence-electron chi connectivity index (χ0n) is 27.6. The van der Waals surface area contributed by atoms with Crippen molar-refractivity contribution in [2.75, 3.05) is 4.90 Å². The molecule has 0 spiro atoms. The Morgan fingerprint density at radius 3 is 1.94 bits per heavy atom. The molecule has 0 N–H and O–H groups in total. The Morgan fingerprint density at radius 2 is 1.06 bits per heavy atom. The van der Waals surface area contributed by atoms with E-state index in [9.17, 15) is 0 Å². The van der Waals surface area contributed by atoms with Crippen molar-refractivity contribution in [3.63, 3.8) is 0 Å². The van der Waals surface area contributed by atoms with Crippen LogP contribution in [0.15, 0.2) is 186 Å². The Labute approximate surface area is 293 Å². The number of rotatable bonds is 4. The summed E-state index contributed by atoms with van der Waals surface area (Å²) in [6.45, 7) is 0. The van der Waals surface area contributed by atoms with E-state index in [1.54, 1.807) is 0 Å². The largest absolute Gasteiger partial charge is 0.456 e. The van der Waals surface area contributed by atoms with E-state index in [1.165, 1.54) is 48.6 Å². The lowest BCUT2D eigenvalue weighted by Crippen LogP contribution is -2.12. The molecule has 9 aromatic carbocycles. The lowest BCUT2D eigenvalue weighted by Gasteiger charge is -2.29. The van der Waals surface area contributed by atoms with E-state index in [4.69, 9.17) is 4.42 Å². The maximum absolute atomic E-state index is 6.52. The van der Waals surface area contributed by atoms with Crippen LogP contribution in [0.3, 0.4) is 0 Å². The first-order valence-corrected chi connectivity index (χ1v) is 17.4. The van der Waals surface area contributed by atoms with Crippen LogP contribution < -0.4 is 4.90 Å². The monoisotopic (exact) mass is 650 g/mol. The summed E-state index contributed by atoms with van der Waals surface area (Å²) in [7, 11) is 0. The smallest absolute Gasteiger partial charge is 0.137 e. The molecule has 0 aliphatic heterocycles. The van der Waals surface area contributed by atoms with E-state index in [2.05, 4.69) is 179 Å². The number of para-hydroxylation sites is 4. The van der Waals surface area contributed by atoms with Crippen molar-refractivity contribution in [1.82, 2.24) is 4.57 Å². The third-order valence-electron chi connectivity index (χ3n) is 10.5. The summed E-state index contributed by atoms with van der Waals surface area (Å²) in [5.41, 5.74) is 8.44. The molecule has 238 valence electrons. The van der Waals surface area contributed by atoms with Crippen LogP contribution in [0.2, 0.25) is 0 Å². The zero-order chi connectivity index (χ0) is 33.5. The van der Waals surface area contributed by atoms with Gasteiger partial charge in [0.2, 0.25) is 0 Å². The van der Waals surface area contributed by atoms with Gasteiger partial charge in [0.1, 0.15) is 11.2 Å². The van der Waals surface area contributed by atoms with Crippen LogP contribution in [-0.4, -0.2) is 4.57 Å². The van der Waals surface area contributed by atoms with Crippen molar-refractivity contribution in [3.05, 3.63) is 182 Å². The van der Waals surface area contributed by atoms with Crippen molar-refractivity contribution in [3.8, 4) is 5.69 Å². The van der Waals surface area contributed by atoms with Crippen molar-refractivity contribution < 1.29 is 4.42 Å². The molecule has 0 saturated heterocycles. The molecule has 0 atom stereocenters. The van der Waals surface area contributed by atoms with Gasteiger partial charge < -0.3 is 13.9 Å². The van der Waals surface area contributed by atoms with Crippen molar-refractivity contribution in [1.29, 1.82) is 0 Å². The Kier molecular flexibility index (Phi) is 5.96. The van der Waals surface area contributed by atoms with E-state index in [0.29, 0.717) is 0 Å². The number of nitrogens with zero attached hydrogens (tertiary/aromatic N) is 2. The van der Waals surface area contributed by atoms with Crippen molar-refractivity contribution in [2.24, 2.45) is 0 Å². The van der Waals surface area contributed by atoms with Crippen LogP contribution in [0.5, 0.6) is 0 Å². The summed E-state index contributed by atoms with van der Waals surface area (Å²) in [6, 6.07) is 65.6. The van der Waals surface area contributed by atoms with Gasteiger partial charge in [-0.1, -0.05) is 127 Å². The SMILES string of the molecule is c1ccc(-n2c3ccccc3c3cccc(N(c4ccc5c(c4)oc4ccccc45)c4cc5ccc6ccccc6c5c5ccccc45)c32)cc1.